The van der Waals surface area contributed by atoms with E-state index in [1.54, 1.807) is 33.2 Å². The highest BCUT2D eigenvalue weighted by Gasteiger charge is 2.31. The van der Waals surface area contributed by atoms with Crippen LogP contribution in [0, 0.1) is 5.92 Å². The Morgan fingerprint density at radius 2 is 1.54 bits per heavy atom. The van der Waals surface area contributed by atoms with Crippen LogP contribution in [0.3, 0.4) is 0 Å². The minimum Gasteiger partial charge on any atom is -0.444 e. The molecular formula is C34H48N6O5S. The van der Waals surface area contributed by atoms with Gasteiger partial charge in [0.25, 0.3) is 0 Å². The molecule has 250 valence electrons. The number of urea groups is 1. The molecule has 4 atom stereocenters. The predicted octanol–water partition coefficient (Wildman–Crippen LogP) is 4.51. The second-order valence-corrected chi connectivity index (χ2v) is 13.7. The van der Waals surface area contributed by atoms with Crippen LogP contribution >= 0.6 is 11.3 Å². The van der Waals surface area contributed by atoms with Crippen molar-refractivity contribution in [1.82, 2.24) is 25.8 Å². The number of aliphatic hydroxyl groups excluding tert-OH is 1. The molecule has 0 aliphatic rings. The van der Waals surface area contributed by atoms with E-state index < -0.39 is 42.0 Å². The van der Waals surface area contributed by atoms with Crippen molar-refractivity contribution in [3.05, 3.63) is 82.9 Å². The molecule has 11 nitrogen and oxygen atoms in total. The number of hydrogen-bond acceptors (Lipinski definition) is 8. The summed E-state index contributed by atoms with van der Waals surface area (Å²) < 4.78 is 5.49. The number of benzene rings is 2. The Kier molecular flexibility index (Phi) is 13.4. The summed E-state index contributed by atoms with van der Waals surface area (Å²) >= 11 is 1.30. The van der Waals surface area contributed by atoms with Crippen LogP contribution in [0.15, 0.2) is 66.0 Å². The number of thiazole rings is 1. The normalized spacial score (nSPS) is 14.1. The molecule has 0 aliphatic carbocycles. The van der Waals surface area contributed by atoms with Crippen LogP contribution in [0.1, 0.15) is 57.9 Å². The number of amides is 4. The van der Waals surface area contributed by atoms with Gasteiger partial charge < -0.3 is 36.4 Å². The first-order valence-electron chi connectivity index (χ1n) is 15.5. The number of anilines is 1. The zero-order chi connectivity index (χ0) is 33.9. The van der Waals surface area contributed by atoms with E-state index in [-0.39, 0.29) is 24.8 Å². The predicted molar refractivity (Wildman–Crippen MR) is 181 cm³/mol. The lowest BCUT2D eigenvalue weighted by atomic mass is 9.93. The lowest BCUT2D eigenvalue weighted by Gasteiger charge is -2.31. The van der Waals surface area contributed by atoms with Crippen molar-refractivity contribution in [1.29, 1.82) is 0 Å². The quantitative estimate of drug-likeness (QED) is 0.171. The third kappa shape index (κ3) is 12.3. The molecular weight excluding hydrogens is 604 g/mol. The van der Waals surface area contributed by atoms with Gasteiger partial charge in [0.05, 0.1) is 24.4 Å². The van der Waals surface area contributed by atoms with Gasteiger partial charge >= 0.3 is 12.1 Å². The number of rotatable bonds is 14. The van der Waals surface area contributed by atoms with Gasteiger partial charge in [0, 0.05) is 18.5 Å². The number of aromatic nitrogens is 1. The largest absolute Gasteiger partial charge is 0.444 e. The maximum atomic E-state index is 13.7. The highest BCUT2D eigenvalue weighted by atomic mass is 32.1. The van der Waals surface area contributed by atoms with E-state index in [2.05, 4.69) is 20.9 Å². The third-order valence-corrected chi connectivity index (χ3v) is 7.93. The molecule has 0 fully saturated rings. The van der Waals surface area contributed by atoms with Gasteiger partial charge in [-0.15, -0.1) is 11.3 Å². The van der Waals surface area contributed by atoms with E-state index in [4.69, 9.17) is 10.5 Å². The van der Waals surface area contributed by atoms with E-state index in [0.29, 0.717) is 23.7 Å². The highest BCUT2D eigenvalue weighted by molar-refractivity contribution is 7.13. The minimum atomic E-state index is -1.04. The van der Waals surface area contributed by atoms with Gasteiger partial charge in [0.15, 0.2) is 5.13 Å². The van der Waals surface area contributed by atoms with Gasteiger partial charge in [0.1, 0.15) is 11.6 Å². The second-order valence-electron chi connectivity index (χ2n) is 12.8. The van der Waals surface area contributed by atoms with Crippen LogP contribution in [0.4, 0.5) is 14.7 Å². The maximum Gasteiger partial charge on any atom is 0.407 e. The standard InChI is InChI=1S/C34H48N6O5S/c1-22(2)29(39-32(43)40(6)20-26-21-46-31(35)37-26)30(42)36-25(17-23-13-9-7-10-14-23)19-28(41)27(18-24-15-11-8-12-16-24)38-33(44)45-34(3,4)5/h7-16,21-22,25,27-29,41H,17-20H2,1-6H3,(H2,35,37)(H,36,42)(H,38,44)(H,39,43)/t25-,27-,28-,29-/m0/s1. The van der Waals surface area contributed by atoms with Crippen molar-refractivity contribution in [3.8, 4) is 0 Å². The van der Waals surface area contributed by atoms with Crippen molar-refractivity contribution in [2.24, 2.45) is 5.92 Å². The van der Waals surface area contributed by atoms with Crippen LogP contribution in [0.5, 0.6) is 0 Å². The second kappa shape index (κ2) is 17.0. The average molecular weight is 653 g/mol. The van der Waals surface area contributed by atoms with Crippen molar-refractivity contribution < 1.29 is 24.2 Å². The van der Waals surface area contributed by atoms with Crippen LogP contribution in [0.2, 0.25) is 0 Å². The lowest BCUT2D eigenvalue weighted by Crippen LogP contribution is -2.56. The van der Waals surface area contributed by atoms with E-state index in [0.717, 1.165) is 11.1 Å². The Balaban J connectivity index is 1.78. The van der Waals surface area contributed by atoms with Crippen molar-refractivity contribution in [2.45, 2.75) is 90.3 Å². The number of nitrogen functional groups attached to an aromatic ring is 1. The first-order valence-corrected chi connectivity index (χ1v) is 16.4. The molecule has 0 spiro atoms. The van der Waals surface area contributed by atoms with Crippen LogP contribution < -0.4 is 21.7 Å². The molecule has 2 aromatic carbocycles. The molecule has 1 aromatic heterocycles. The number of carbonyl (C=O) groups is 3. The molecule has 0 saturated heterocycles. The first-order chi connectivity index (χ1) is 21.7. The van der Waals surface area contributed by atoms with Gasteiger partial charge in [-0.2, -0.15) is 0 Å². The van der Waals surface area contributed by atoms with Crippen molar-refractivity contribution >= 4 is 34.5 Å². The number of carbonyl (C=O) groups excluding carboxylic acids is 3. The third-order valence-electron chi connectivity index (χ3n) is 7.21. The van der Waals surface area contributed by atoms with E-state index in [1.165, 1.54) is 16.2 Å². The van der Waals surface area contributed by atoms with E-state index >= 15 is 0 Å². The summed E-state index contributed by atoms with van der Waals surface area (Å²) in [5.74, 6) is -0.600. The molecule has 4 amide bonds. The fourth-order valence-electron chi connectivity index (χ4n) is 4.94. The monoisotopic (exact) mass is 652 g/mol. The summed E-state index contributed by atoms with van der Waals surface area (Å²) in [6.07, 6.45) is -0.751. The molecule has 3 rings (SSSR count). The number of nitrogens with zero attached hydrogens (tertiary/aromatic N) is 2. The molecule has 3 aromatic rings. The Hall–Kier alpha value is -4.16. The first kappa shape index (κ1) is 36.3. The molecule has 0 saturated carbocycles. The Labute approximate surface area is 275 Å². The van der Waals surface area contributed by atoms with Gasteiger partial charge in [0.2, 0.25) is 5.91 Å². The lowest BCUT2D eigenvalue weighted by molar-refractivity contribution is -0.124. The van der Waals surface area contributed by atoms with Gasteiger partial charge in [-0.25, -0.2) is 14.6 Å². The summed E-state index contributed by atoms with van der Waals surface area (Å²) in [4.78, 5) is 45.3. The number of alkyl carbamates (subject to hydrolysis) is 1. The minimum absolute atomic E-state index is 0.137. The van der Waals surface area contributed by atoms with Crippen molar-refractivity contribution in [2.75, 3.05) is 12.8 Å². The summed E-state index contributed by atoms with van der Waals surface area (Å²) in [7, 11) is 1.62. The molecule has 0 radical (unpaired) electrons. The molecule has 6 N–H and O–H groups in total. The van der Waals surface area contributed by atoms with Gasteiger partial charge in [-0.3, -0.25) is 4.79 Å². The highest BCUT2D eigenvalue weighted by Crippen LogP contribution is 2.17. The van der Waals surface area contributed by atoms with E-state index in [1.807, 2.05) is 74.5 Å². The molecule has 46 heavy (non-hydrogen) atoms. The number of hydrogen-bond donors (Lipinski definition) is 5. The number of ether oxygens (including phenoxy) is 1. The molecule has 12 heteroatoms. The van der Waals surface area contributed by atoms with E-state index in [9.17, 15) is 19.5 Å². The summed E-state index contributed by atoms with van der Waals surface area (Å²) in [6.45, 7) is 9.27. The van der Waals surface area contributed by atoms with Crippen LogP contribution in [-0.4, -0.2) is 69.9 Å². The summed E-state index contributed by atoms with van der Waals surface area (Å²) in [5.41, 5.74) is 7.56. The van der Waals surface area contributed by atoms with Crippen molar-refractivity contribution in [3.63, 3.8) is 0 Å². The number of nitrogens with two attached hydrogens (primary N) is 1. The SMILES string of the molecule is CC(C)[C@H](NC(=O)N(C)Cc1csc(N)n1)C(=O)N[C@@H](Cc1ccccc1)C[C@H](O)[C@H](Cc1ccccc1)NC(=O)OC(C)(C)C. The maximum absolute atomic E-state index is 13.7. The van der Waals surface area contributed by atoms with Crippen LogP contribution in [0.25, 0.3) is 0 Å². The molecule has 0 bridgehead atoms. The fraction of sp³-hybridized carbons (Fsp3) is 0.471. The smallest absolute Gasteiger partial charge is 0.407 e. The Morgan fingerprint density at radius 3 is 2.07 bits per heavy atom. The molecule has 0 aliphatic heterocycles. The van der Waals surface area contributed by atoms with Crippen LogP contribution in [-0.2, 0) is 28.9 Å². The Morgan fingerprint density at radius 1 is 0.957 bits per heavy atom. The van der Waals surface area contributed by atoms with Gasteiger partial charge in [-0.05, 0) is 57.1 Å². The topological polar surface area (TPSA) is 159 Å². The summed E-state index contributed by atoms with van der Waals surface area (Å²) in [6, 6.07) is 16.7. The molecule has 1 heterocycles. The Bertz CT molecular complexity index is 1400. The van der Waals surface area contributed by atoms with Gasteiger partial charge in [-0.1, -0.05) is 74.5 Å². The zero-order valence-corrected chi connectivity index (χ0v) is 28.3. The fourth-order valence-corrected chi connectivity index (χ4v) is 5.49. The zero-order valence-electron chi connectivity index (χ0n) is 27.5. The average Bonchev–Trinajstić information content (AvgIpc) is 3.39. The summed E-state index contributed by atoms with van der Waals surface area (Å²) in [5, 5.41) is 22.6. The molecule has 0 unspecified atom stereocenters. The number of aliphatic hydroxyl groups is 1. The number of nitrogens with one attached hydrogen (secondary N) is 3.